The second-order valence-electron chi connectivity index (χ2n) is 7.04. The van der Waals surface area contributed by atoms with Gasteiger partial charge in [0.05, 0.1) is 11.3 Å². The molecule has 1 aromatic heterocycles. The van der Waals surface area contributed by atoms with Gasteiger partial charge in [-0.3, -0.25) is 19.3 Å². The highest BCUT2D eigenvalue weighted by molar-refractivity contribution is 8.18. The van der Waals surface area contributed by atoms with Gasteiger partial charge in [0.15, 0.2) is 0 Å². The zero-order valence-electron chi connectivity index (χ0n) is 16.5. The summed E-state index contributed by atoms with van der Waals surface area (Å²) in [6.07, 6.45) is 1.95. The lowest BCUT2D eigenvalue weighted by Crippen LogP contribution is -2.37. The van der Waals surface area contributed by atoms with Gasteiger partial charge in [0.2, 0.25) is 5.91 Å². The van der Waals surface area contributed by atoms with E-state index >= 15 is 0 Å². The second-order valence-corrected chi connectivity index (χ2v) is 8.04. The minimum Gasteiger partial charge on any atom is -0.358 e. The highest BCUT2D eigenvalue weighted by Crippen LogP contribution is 2.31. The molecule has 0 spiro atoms. The van der Waals surface area contributed by atoms with Crippen LogP contribution in [0.2, 0.25) is 0 Å². The summed E-state index contributed by atoms with van der Waals surface area (Å²) >= 11 is 0.924. The van der Waals surface area contributed by atoms with E-state index in [9.17, 15) is 14.4 Å². The van der Waals surface area contributed by atoms with Crippen molar-refractivity contribution >= 4 is 45.8 Å². The van der Waals surface area contributed by atoms with Crippen molar-refractivity contribution in [1.29, 1.82) is 0 Å². The second kappa shape index (κ2) is 8.59. The average molecular weight is 420 g/mol. The van der Waals surface area contributed by atoms with Gasteiger partial charge >= 0.3 is 0 Å². The fourth-order valence-corrected chi connectivity index (χ4v) is 4.35. The first-order chi connectivity index (χ1) is 14.5. The molecular formula is C23H21N3O3S. The minimum atomic E-state index is -0.324. The molecule has 2 aromatic carbocycles. The number of carbonyl (C=O) groups excluding carboxylic acids is 3. The number of aromatic nitrogens is 1. The summed E-state index contributed by atoms with van der Waals surface area (Å²) in [5.74, 6) is -0.467. The third-order valence-corrected chi connectivity index (χ3v) is 5.90. The van der Waals surface area contributed by atoms with Crippen LogP contribution in [0.25, 0.3) is 17.0 Å². The number of benzene rings is 2. The van der Waals surface area contributed by atoms with Crippen LogP contribution >= 0.6 is 11.8 Å². The SMILES string of the molecule is Cc1[nH]c2ccccc2c1CC(=O)NCCN1C(=O)S/C(=C\c2ccccc2)C1=O. The Morgan fingerprint density at radius 2 is 1.83 bits per heavy atom. The number of aryl methyl sites for hydroxylation is 1. The Hall–Kier alpha value is -3.32. The zero-order valence-corrected chi connectivity index (χ0v) is 17.3. The van der Waals surface area contributed by atoms with Gasteiger partial charge in [-0.25, -0.2) is 0 Å². The molecule has 1 aliphatic heterocycles. The Morgan fingerprint density at radius 3 is 2.63 bits per heavy atom. The summed E-state index contributed by atoms with van der Waals surface area (Å²) < 4.78 is 0. The number of aromatic amines is 1. The van der Waals surface area contributed by atoms with Crippen LogP contribution in [0.15, 0.2) is 59.5 Å². The van der Waals surface area contributed by atoms with Crippen molar-refractivity contribution in [2.24, 2.45) is 0 Å². The maximum absolute atomic E-state index is 12.5. The van der Waals surface area contributed by atoms with Gasteiger partial charge in [-0.2, -0.15) is 0 Å². The highest BCUT2D eigenvalue weighted by Gasteiger charge is 2.34. The minimum absolute atomic E-state index is 0.144. The predicted molar refractivity (Wildman–Crippen MR) is 119 cm³/mol. The van der Waals surface area contributed by atoms with Gasteiger partial charge in [0, 0.05) is 29.7 Å². The van der Waals surface area contributed by atoms with Crippen molar-refractivity contribution in [3.63, 3.8) is 0 Å². The number of hydrogen-bond acceptors (Lipinski definition) is 4. The van der Waals surface area contributed by atoms with Crippen molar-refractivity contribution in [3.8, 4) is 0 Å². The van der Waals surface area contributed by atoms with E-state index < -0.39 is 0 Å². The number of hydrogen-bond donors (Lipinski definition) is 2. The van der Waals surface area contributed by atoms with Crippen molar-refractivity contribution < 1.29 is 14.4 Å². The first-order valence-electron chi connectivity index (χ1n) is 9.66. The molecule has 1 aliphatic rings. The first-order valence-corrected chi connectivity index (χ1v) is 10.5. The van der Waals surface area contributed by atoms with Gasteiger partial charge in [0.1, 0.15) is 0 Å². The lowest BCUT2D eigenvalue weighted by molar-refractivity contribution is -0.124. The average Bonchev–Trinajstić information content (AvgIpc) is 3.19. The molecule has 7 heteroatoms. The van der Waals surface area contributed by atoms with E-state index in [1.54, 1.807) is 6.08 Å². The molecule has 3 aromatic rings. The molecule has 0 saturated carbocycles. The predicted octanol–water partition coefficient (Wildman–Crippen LogP) is 3.87. The summed E-state index contributed by atoms with van der Waals surface area (Å²) in [5, 5.41) is 3.53. The normalized spacial score (nSPS) is 15.4. The molecular weight excluding hydrogens is 398 g/mol. The number of nitrogens with one attached hydrogen (secondary N) is 2. The molecule has 0 bridgehead atoms. The molecule has 0 atom stereocenters. The Labute approximate surface area is 178 Å². The van der Waals surface area contributed by atoms with Gasteiger partial charge in [0.25, 0.3) is 11.1 Å². The topological polar surface area (TPSA) is 82.3 Å². The molecule has 30 heavy (non-hydrogen) atoms. The fourth-order valence-electron chi connectivity index (χ4n) is 3.49. The van der Waals surface area contributed by atoms with E-state index in [1.165, 1.54) is 4.90 Å². The first kappa shape index (κ1) is 20.0. The van der Waals surface area contributed by atoms with E-state index in [4.69, 9.17) is 0 Å². The number of fused-ring (bicyclic) bond motifs is 1. The van der Waals surface area contributed by atoms with Crippen LogP contribution in [-0.4, -0.2) is 40.0 Å². The van der Waals surface area contributed by atoms with Gasteiger partial charge in [-0.15, -0.1) is 0 Å². The van der Waals surface area contributed by atoms with Crippen LogP contribution in [-0.2, 0) is 16.0 Å². The Morgan fingerprint density at radius 1 is 1.10 bits per heavy atom. The largest absolute Gasteiger partial charge is 0.358 e. The molecule has 4 rings (SSSR count). The van der Waals surface area contributed by atoms with Crippen molar-refractivity contribution in [1.82, 2.24) is 15.2 Å². The van der Waals surface area contributed by atoms with Crippen LogP contribution in [0.3, 0.4) is 0 Å². The molecule has 152 valence electrons. The van der Waals surface area contributed by atoms with Crippen LogP contribution in [0, 0.1) is 6.92 Å². The molecule has 1 fully saturated rings. The van der Waals surface area contributed by atoms with Crippen LogP contribution in [0.5, 0.6) is 0 Å². The Bertz CT molecular complexity index is 1150. The lowest BCUT2D eigenvalue weighted by Gasteiger charge is -2.13. The summed E-state index contributed by atoms with van der Waals surface area (Å²) in [6, 6.07) is 17.3. The molecule has 0 unspecified atom stereocenters. The van der Waals surface area contributed by atoms with Crippen molar-refractivity contribution in [3.05, 3.63) is 76.3 Å². The number of para-hydroxylation sites is 1. The van der Waals surface area contributed by atoms with Gasteiger partial charge in [-0.05, 0) is 42.0 Å². The summed E-state index contributed by atoms with van der Waals surface area (Å²) in [6.45, 7) is 2.31. The maximum Gasteiger partial charge on any atom is 0.293 e. The fraction of sp³-hybridized carbons (Fsp3) is 0.174. The molecule has 1 saturated heterocycles. The third kappa shape index (κ3) is 4.16. The van der Waals surface area contributed by atoms with E-state index in [-0.39, 0.29) is 36.6 Å². The molecule has 0 radical (unpaired) electrons. The van der Waals surface area contributed by atoms with E-state index in [0.717, 1.165) is 39.5 Å². The summed E-state index contributed by atoms with van der Waals surface area (Å²) in [5.41, 5.74) is 3.79. The standard InChI is InChI=1S/C23H21N3O3S/c1-15-18(17-9-5-6-10-19(17)25-15)14-21(27)24-11-12-26-22(28)20(30-23(26)29)13-16-7-3-2-4-8-16/h2-10,13,25H,11-12,14H2,1H3,(H,24,27)/b20-13-. The van der Waals surface area contributed by atoms with Crippen LogP contribution in [0.4, 0.5) is 4.79 Å². The van der Waals surface area contributed by atoms with E-state index in [0.29, 0.717) is 4.91 Å². The molecule has 2 heterocycles. The molecule has 0 aliphatic carbocycles. The molecule has 3 amide bonds. The maximum atomic E-state index is 12.5. The van der Waals surface area contributed by atoms with Gasteiger partial charge in [-0.1, -0.05) is 48.5 Å². The Kier molecular flexibility index (Phi) is 5.72. The Balaban J connectivity index is 1.34. The monoisotopic (exact) mass is 419 g/mol. The summed E-state index contributed by atoms with van der Waals surface area (Å²) in [4.78, 5) is 42.0. The van der Waals surface area contributed by atoms with Crippen LogP contribution in [0.1, 0.15) is 16.8 Å². The number of thioether (sulfide) groups is 1. The number of nitrogens with zero attached hydrogens (tertiary/aromatic N) is 1. The third-order valence-electron chi connectivity index (χ3n) is 4.99. The quantitative estimate of drug-likeness (QED) is 0.594. The number of amides is 3. The number of imide groups is 1. The number of rotatable bonds is 6. The van der Waals surface area contributed by atoms with Crippen molar-refractivity contribution in [2.75, 3.05) is 13.1 Å². The smallest absolute Gasteiger partial charge is 0.293 e. The summed E-state index contributed by atoms with van der Waals surface area (Å²) in [7, 11) is 0. The van der Waals surface area contributed by atoms with E-state index in [2.05, 4.69) is 10.3 Å². The number of carbonyl (C=O) groups is 3. The lowest BCUT2D eigenvalue weighted by atomic mass is 10.1. The highest BCUT2D eigenvalue weighted by atomic mass is 32.2. The zero-order chi connectivity index (χ0) is 21.1. The van der Waals surface area contributed by atoms with Crippen LogP contribution < -0.4 is 5.32 Å². The van der Waals surface area contributed by atoms with Gasteiger partial charge < -0.3 is 10.3 Å². The number of H-pyrrole nitrogens is 1. The van der Waals surface area contributed by atoms with Crippen molar-refractivity contribution in [2.45, 2.75) is 13.3 Å². The molecule has 6 nitrogen and oxygen atoms in total. The van der Waals surface area contributed by atoms with E-state index in [1.807, 2.05) is 61.5 Å². The molecule has 2 N–H and O–H groups in total.